The second kappa shape index (κ2) is 6.35. The van der Waals surface area contributed by atoms with Crippen LogP contribution in [-0.4, -0.2) is 23.6 Å². The number of anilines is 1. The van der Waals surface area contributed by atoms with Gasteiger partial charge in [0.05, 0.1) is 11.9 Å². The maximum Gasteiger partial charge on any atom is 0.271 e. The Balaban J connectivity index is 1.70. The normalized spacial score (nSPS) is 15.2. The van der Waals surface area contributed by atoms with Crippen molar-refractivity contribution >= 4 is 23.7 Å². The van der Waals surface area contributed by atoms with Crippen LogP contribution in [0.25, 0.3) is 0 Å². The molecular formula is C18H16FN3O3. The lowest BCUT2D eigenvalue weighted by molar-refractivity contribution is -0.129. The van der Waals surface area contributed by atoms with Crippen LogP contribution in [0.15, 0.2) is 47.6 Å². The van der Waals surface area contributed by atoms with E-state index in [-0.39, 0.29) is 11.7 Å². The summed E-state index contributed by atoms with van der Waals surface area (Å²) in [5.74, 6) is -0.578. The van der Waals surface area contributed by atoms with Gasteiger partial charge in [0, 0.05) is 5.56 Å². The van der Waals surface area contributed by atoms with Crippen molar-refractivity contribution in [2.75, 3.05) is 5.32 Å². The molecular weight excluding hydrogens is 325 g/mol. The van der Waals surface area contributed by atoms with Crippen molar-refractivity contribution in [2.45, 2.75) is 19.4 Å². The van der Waals surface area contributed by atoms with Crippen LogP contribution in [0.5, 0.6) is 5.75 Å². The number of fused-ring (bicyclic) bond motifs is 1. The van der Waals surface area contributed by atoms with E-state index in [1.165, 1.54) is 24.4 Å². The van der Waals surface area contributed by atoms with Gasteiger partial charge in [0.25, 0.3) is 11.8 Å². The Morgan fingerprint density at radius 3 is 2.68 bits per heavy atom. The van der Waals surface area contributed by atoms with Crippen molar-refractivity contribution in [3.05, 3.63) is 59.4 Å². The molecule has 0 radical (unpaired) electrons. The standard InChI is InChI=1S/C18H16FN3O3/c1-18(2)17(24)21-14-9-12(5-8-15(14)25-18)16(23)22-20-10-11-3-6-13(19)7-4-11/h3-10H,1-2H3,(H,21,24)(H,22,23). The molecule has 0 saturated carbocycles. The number of rotatable bonds is 3. The maximum atomic E-state index is 12.8. The smallest absolute Gasteiger partial charge is 0.271 e. The molecule has 0 atom stereocenters. The van der Waals surface area contributed by atoms with Crippen molar-refractivity contribution in [1.29, 1.82) is 0 Å². The van der Waals surface area contributed by atoms with Gasteiger partial charge in [-0.25, -0.2) is 9.82 Å². The van der Waals surface area contributed by atoms with Crippen molar-refractivity contribution in [3.8, 4) is 5.75 Å². The average Bonchev–Trinajstić information content (AvgIpc) is 2.57. The van der Waals surface area contributed by atoms with Gasteiger partial charge in [-0.05, 0) is 49.7 Å². The minimum Gasteiger partial charge on any atom is -0.476 e. The Bertz CT molecular complexity index is 860. The number of nitrogens with one attached hydrogen (secondary N) is 2. The summed E-state index contributed by atoms with van der Waals surface area (Å²) < 4.78 is 18.4. The topological polar surface area (TPSA) is 79.8 Å². The molecule has 7 heteroatoms. The number of benzene rings is 2. The summed E-state index contributed by atoms with van der Waals surface area (Å²) in [6.07, 6.45) is 1.41. The molecule has 0 saturated heterocycles. The van der Waals surface area contributed by atoms with Gasteiger partial charge < -0.3 is 10.1 Å². The summed E-state index contributed by atoms with van der Waals surface area (Å²) in [4.78, 5) is 24.1. The van der Waals surface area contributed by atoms with Crippen LogP contribution in [0.2, 0.25) is 0 Å². The summed E-state index contributed by atoms with van der Waals surface area (Å²) in [5.41, 5.74) is 2.81. The number of amides is 2. The zero-order chi connectivity index (χ0) is 18.0. The molecule has 1 aliphatic rings. The molecule has 0 spiro atoms. The van der Waals surface area contributed by atoms with E-state index in [2.05, 4.69) is 15.8 Å². The molecule has 128 valence electrons. The van der Waals surface area contributed by atoms with Crippen molar-refractivity contribution in [3.63, 3.8) is 0 Å². The van der Waals surface area contributed by atoms with Crippen LogP contribution >= 0.6 is 0 Å². The third kappa shape index (κ3) is 3.65. The number of hydrazone groups is 1. The highest BCUT2D eigenvalue weighted by Gasteiger charge is 2.35. The lowest BCUT2D eigenvalue weighted by Crippen LogP contribution is -2.45. The molecule has 0 fully saturated rings. The molecule has 2 aromatic carbocycles. The van der Waals surface area contributed by atoms with Gasteiger partial charge >= 0.3 is 0 Å². The Morgan fingerprint density at radius 1 is 1.24 bits per heavy atom. The summed E-state index contributed by atoms with van der Waals surface area (Å²) in [6, 6.07) is 10.4. The Hall–Kier alpha value is -3.22. The van der Waals surface area contributed by atoms with Crippen LogP contribution in [0.1, 0.15) is 29.8 Å². The molecule has 25 heavy (non-hydrogen) atoms. The molecule has 2 amide bonds. The number of halogens is 1. The third-order valence-electron chi connectivity index (χ3n) is 3.65. The zero-order valence-corrected chi connectivity index (χ0v) is 13.7. The minimum atomic E-state index is -0.962. The fourth-order valence-electron chi connectivity index (χ4n) is 2.23. The monoisotopic (exact) mass is 341 g/mol. The average molecular weight is 341 g/mol. The first-order valence-electron chi connectivity index (χ1n) is 7.59. The van der Waals surface area contributed by atoms with Crippen LogP contribution < -0.4 is 15.5 Å². The van der Waals surface area contributed by atoms with Gasteiger partial charge in [0.15, 0.2) is 5.60 Å². The van der Waals surface area contributed by atoms with E-state index < -0.39 is 11.5 Å². The highest BCUT2D eigenvalue weighted by Crippen LogP contribution is 2.34. The second-order valence-electron chi connectivity index (χ2n) is 6.03. The van der Waals surface area contributed by atoms with Gasteiger partial charge in [-0.2, -0.15) is 5.10 Å². The molecule has 1 aliphatic heterocycles. The first kappa shape index (κ1) is 16.6. The van der Waals surface area contributed by atoms with Crippen LogP contribution in [0.3, 0.4) is 0 Å². The number of nitrogens with zero attached hydrogens (tertiary/aromatic N) is 1. The fraction of sp³-hybridized carbons (Fsp3) is 0.167. The van der Waals surface area contributed by atoms with Gasteiger partial charge in [-0.3, -0.25) is 9.59 Å². The number of hydrogen-bond acceptors (Lipinski definition) is 4. The molecule has 0 unspecified atom stereocenters. The molecule has 0 aliphatic carbocycles. The van der Waals surface area contributed by atoms with E-state index in [1.54, 1.807) is 38.1 Å². The molecule has 2 N–H and O–H groups in total. The minimum absolute atomic E-state index is 0.285. The zero-order valence-electron chi connectivity index (χ0n) is 13.7. The van der Waals surface area contributed by atoms with Crippen LogP contribution in [0.4, 0.5) is 10.1 Å². The van der Waals surface area contributed by atoms with Crippen LogP contribution in [-0.2, 0) is 4.79 Å². The second-order valence-corrected chi connectivity index (χ2v) is 6.03. The fourth-order valence-corrected chi connectivity index (χ4v) is 2.23. The highest BCUT2D eigenvalue weighted by atomic mass is 19.1. The molecule has 6 nitrogen and oxygen atoms in total. The van der Waals surface area contributed by atoms with E-state index in [0.717, 1.165) is 0 Å². The van der Waals surface area contributed by atoms with Crippen molar-refractivity contribution < 1.29 is 18.7 Å². The third-order valence-corrected chi connectivity index (χ3v) is 3.65. The molecule has 0 bridgehead atoms. The predicted octanol–water partition coefficient (Wildman–Crippen LogP) is 2.70. The van der Waals surface area contributed by atoms with E-state index in [1.807, 2.05) is 0 Å². The summed E-state index contributed by atoms with van der Waals surface area (Å²) in [7, 11) is 0. The number of ether oxygens (including phenoxy) is 1. The maximum absolute atomic E-state index is 12.8. The highest BCUT2D eigenvalue weighted by molar-refractivity contribution is 6.02. The van der Waals surface area contributed by atoms with E-state index in [0.29, 0.717) is 22.6 Å². The first-order valence-corrected chi connectivity index (χ1v) is 7.59. The lowest BCUT2D eigenvalue weighted by Gasteiger charge is -2.31. The summed E-state index contributed by atoms with van der Waals surface area (Å²) in [6.45, 7) is 3.33. The van der Waals surface area contributed by atoms with Crippen molar-refractivity contribution in [1.82, 2.24) is 5.43 Å². The Labute approximate surface area is 143 Å². The van der Waals surface area contributed by atoms with Gasteiger partial charge in [0.2, 0.25) is 0 Å². The number of carbonyl (C=O) groups excluding carboxylic acids is 2. The van der Waals surface area contributed by atoms with E-state index in [4.69, 9.17) is 4.74 Å². The quantitative estimate of drug-likeness (QED) is 0.665. The molecule has 0 aromatic heterocycles. The summed E-state index contributed by atoms with van der Waals surface area (Å²) in [5, 5.41) is 6.55. The Kier molecular flexibility index (Phi) is 4.22. The van der Waals surface area contributed by atoms with Gasteiger partial charge in [0.1, 0.15) is 11.6 Å². The Morgan fingerprint density at radius 2 is 1.96 bits per heavy atom. The van der Waals surface area contributed by atoms with Crippen LogP contribution in [0, 0.1) is 5.82 Å². The largest absolute Gasteiger partial charge is 0.476 e. The lowest BCUT2D eigenvalue weighted by atomic mass is 10.0. The SMILES string of the molecule is CC1(C)Oc2ccc(C(=O)NN=Cc3ccc(F)cc3)cc2NC1=O. The van der Waals surface area contributed by atoms with E-state index >= 15 is 0 Å². The number of carbonyl (C=O) groups is 2. The first-order chi connectivity index (χ1) is 11.8. The molecule has 3 rings (SSSR count). The predicted molar refractivity (Wildman–Crippen MR) is 91.2 cm³/mol. The number of hydrogen-bond donors (Lipinski definition) is 2. The molecule has 2 aromatic rings. The van der Waals surface area contributed by atoms with Gasteiger partial charge in [-0.15, -0.1) is 0 Å². The van der Waals surface area contributed by atoms with E-state index in [9.17, 15) is 14.0 Å². The summed E-state index contributed by atoms with van der Waals surface area (Å²) >= 11 is 0. The van der Waals surface area contributed by atoms with Crippen molar-refractivity contribution in [2.24, 2.45) is 5.10 Å². The molecule has 1 heterocycles. The van der Waals surface area contributed by atoms with Gasteiger partial charge in [-0.1, -0.05) is 12.1 Å².